The van der Waals surface area contributed by atoms with Crippen molar-refractivity contribution in [1.29, 1.82) is 0 Å². The van der Waals surface area contributed by atoms with Crippen LogP contribution in [0.5, 0.6) is 0 Å². The monoisotopic (exact) mass is 625 g/mol. The molecule has 10 heteroatoms. The van der Waals surface area contributed by atoms with Gasteiger partial charge < -0.3 is 9.80 Å². The van der Waals surface area contributed by atoms with Crippen molar-refractivity contribution in [2.24, 2.45) is 5.92 Å². The molecule has 1 atom stereocenters. The number of nitrogens with zero attached hydrogens (tertiary/aromatic N) is 5. The van der Waals surface area contributed by atoms with E-state index in [1.165, 1.54) is 12.1 Å². The Morgan fingerprint density at radius 1 is 0.902 bits per heavy atom. The van der Waals surface area contributed by atoms with Crippen LogP contribution in [0.25, 0.3) is 16.7 Å². The van der Waals surface area contributed by atoms with Crippen molar-refractivity contribution in [3.63, 3.8) is 0 Å². The second kappa shape index (κ2) is 11.5. The Labute approximate surface area is 245 Å². The van der Waals surface area contributed by atoms with Crippen LogP contribution < -0.4 is 4.90 Å². The van der Waals surface area contributed by atoms with Crippen LogP contribution in [0.15, 0.2) is 77.3 Å². The Bertz CT molecular complexity index is 1530. The van der Waals surface area contributed by atoms with Crippen LogP contribution in [0.3, 0.4) is 0 Å². The first-order valence-corrected chi connectivity index (χ1v) is 14.7. The van der Waals surface area contributed by atoms with Crippen molar-refractivity contribution < 1.29 is 18.0 Å². The average Bonchev–Trinajstić information content (AvgIpc) is 3.35. The van der Waals surface area contributed by atoms with E-state index < -0.39 is 11.7 Å². The fourth-order valence-electron chi connectivity index (χ4n) is 5.98. The minimum absolute atomic E-state index is 0.102. The highest BCUT2D eigenvalue weighted by molar-refractivity contribution is 9.10. The Kier molecular flexibility index (Phi) is 7.78. The molecule has 6 rings (SSSR count). The van der Waals surface area contributed by atoms with Gasteiger partial charge in [0.25, 0.3) is 0 Å². The molecule has 0 saturated carbocycles. The van der Waals surface area contributed by atoms with Crippen molar-refractivity contribution in [3.8, 4) is 5.69 Å². The van der Waals surface area contributed by atoms with Gasteiger partial charge in [0.05, 0.1) is 29.1 Å². The Hall–Kier alpha value is -3.37. The standard InChI is InChI=1S/C31H31BrF3N5O/c32-24-10-12-25(13-11-24)40-28-9-2-1-8-27(28)36-29(40)21-37-14-4-5-22(20-37)30(41)39-17-15-38(16-18-39)26-7-3-6-23(19-26)31(33,34)35/h1-3,6-13,19,22H,4-5,14-18,20-21H2/t22-/m1/s1. The predicted octanol–water partition coefficient (Wildman–Crippen LogP) is 6.37. The molecule has 2 aliphatic rings. The van der Waals surface area contributed by atoms with Crippen molar-refractivity contribution in [2.75, 3.05) is 44.2 Å². The van der Waals surface area contributed by atoms with E-state index in [0.717, 1.165) is 52.5 Å². The number of carbonyl (C=O) groups is 1. The summed E-state index contributed by atoms with van der Waals surface area (Å²) in [5.74, 6) is 0.977. The second-order valence-corrected chi connectivity index (χ2v) is 11.7. The number of halogens is 4. The maximum absolute atomic E-state index is 13.5. The van der Waals surface area contributed by atoms with Gasteiger partial charge in [-0.05, 0) is 74.0 Å². The van der Waals surface area contributed by atoms with Gasteiger partial charge in [-0.3, -0.25) is 14.3 Å². The van der Waals surface area contributed by atoms with E-state index in [0.29, 0.717) is 45.0 Å². The van der Waals surface area contributed by atoms with E-state index in [1.54, 1.807) is 6.07 Å². The summed E-state index contributed by atoms with van der Waals surface area (Å²) in [7, 11) is 0. The minimum Gasteiger partial charge on any atom is -0.368 e. The molecular formula is C31H31BrF3N5O. The third-order valence-electron chi connectivity index (χ3n) is 8.06. The zero-order chi connectivity index (χ0) is 28.6. The van der Waals surface area contributed by atoms with E-state index in [9.17, 15) is 18.0 Å². The first-order chi connectivity index (χ1) is 19.8. The summed E-state index contributed by atoms with van der Waals surface area (Å²) in [5, 5.41) is 0. The summed E-state index contributed by atoms with van der Waals surface area (Å²) in [6, 6.07) is 21.7. The zero-order valence-corrected chi connectivity index (χ0v) is 24.1. The van der Waals surface area contributed by atoms with E-state index in [-0.39, 0.29) is 11.8 Å². The number of alkyl halides is 3. The largest absolute Gasteiger partial charge is 0.416 e. The third kappa shape index (κ3) is 5.99. The highest BCUT2D eigenvalue weighted by atomic mass is 79.9. The Morgan fingerprint density at radius 2 is 1.66 bits per heavy atom. The summed E-state index contributed by atoms with van der Waals surface area (Å²) in [4.78, 5) is 24.6. The fourth-order valence-corrected chi connectivity index (χ4v) is 6.25. The molecule has 214 valence electrons. The van der Waals surface area contributed by atoms with E-state index in [1.807, 2.05) is 40.1 Å². The number of piperazine rings is 1. The van der Waals surface area contributed by atoms with Gasteiger partial charge in [-0.15, -0.1) is 0 Å². The van der Waals surface area contributed by atoms with Gasteiger partial charge in [-0.2, -0.15) is 13.2 Å². The maximum atomic E-state index is 13.5. The number of amides is 1. The zero-order valence-electron chi connectivity index (χ0n) is 22.5. The molecule has 0 aliphatic carbocycles. The second-order valence-electron chi connectivity index (χ2n) is 10.8. The third-order valence-corrected chi connectivity index (χ3v) is 8.59. The lowest BCUT2D eigenvalue weighted by Gasteiger charge is -2.39. The molecule has 2 aliphatic heterocycles. The van der Waals surface area contributed by atoms with E-state index in [2.05, 4.69) is 43.6 Å². The highest BCUT2D eigenvalue weighted by Gasteiger charge is 2.33. The first-order valence-electron chi connectivity index (χ1n) is 13.9. The summed E-state index contributed by atoms with van der Waals surface area (Å²) >= 11 is 3.52. The van der Waals surface area contributed by atoms with Crippen LogP contribution in [0.2, 0.25) is 0 Å². The molecule has 2 saturated heterocycles. The van der Waals surface area contributed by atoms with Gasteiger partial charge in [0, 0.05) is 48.6 Å². The van der Waals surface area contributed by atoms with Gasteiger partial charge >= 0.3 is 6.18 Å². The first kappa shape index (κ1) is 27.8. The van der Waals surface area contributed by atoms with Gasteiger partial charge in [0.2, 0.25) is 5.91 Å². The molecule has 0 N–H and O–H groups in total. The molecule has 3 aromatic carbocycles. The number of carbonyl (C=O) groups excluding carboxylic acids is 1. The van der Waals surface area contributed by atoms with Crippen LogP contribution in [0.1, 0.15) is 24.2 Å². The van der Waals surface area contributed by atoms with Crippen LogP contribution in [-0.4, -0.2) is 64.5 Å². The quantitative estimate of drug-likeness (QED) is 0.259. The van der Waals surface area contributed by atoms with Crippen LogP contribution in [0.4, 0.5) is 18.9 Å². The Morgan fingerprint density at radius 3 is 2.41 bits per heavy atom. The van der Waals surface area contributed by atoms with Crippen LogP contribution in [0, 0.1) is 5.92 Å². The number of hydrogen-bond acceptors (Lipinski definition) is 4. The Balaban J connectivity index is 1.12. The van der Waals surface area contributed by atoms with Crippen LogP contribution >= 0.6 is 15.9 Å². The topological polar surface area (TPSA) is 44.6 Å². The summed E-state index contributed by atoms with van der Waals surface area (Å²) in [6.07, 6.45) is -2.60. The van der Waals surface area contributed by atoms with Gasteiger partial charge in [-0.25, -0.2) is 4.98 Å². The molecule has 2 fully saturated rings. The van der Waals surface area contributed by atoms with Gasteiger partial charge in [0.1, 0.15) is 5.82 Å². The number of likely N-dealkylation sites (tertiary alicyclic amines) is 1. The molecular weight excluding hydrogens is 595 g/mol. The molecule has 41 heavy (non-hydrogen) atoms. The number of hydrogen-bond donors (Lipinski definition) is 0. The molecule has 0 radical (unpaired) electrons. The number of imidazole rings is 1. The smallest absolute Gasteiger partial charge is 0.368 e. The number of aromatic nitrogens is 2. The number of benzene rings is 3. The SMILES string of the molecule is O=C([C@@H]1CCCN(Cc2nc3ccccc3n2-c2ccc(Br)cc2)C1)N1CCN(c2cccc(C(F)(F)F)c2)CC1. The number of rotatable bonds is 5. The summed E-state index contributed by atoms with van der Waals surface area (Å²) in [5.41, 5.74) is 2.93. The normalized spacial score (nSPS) is 18.7. The lowest BCUT2D eigenvalue weighted by Crippen LogP contribution is -2.52. The number of anilines is 1. The number of fused-ring (bicyclic) bond motifs is 1. The van der Waals surface area contributed by atoms with Crippen molar-refractivity contribution in [3.05, 3.63) is 88.7 Å². The average molecular weight is 627 g/mol. The number of para-hydroxylation sites is 2. The minimum atomic E-state index is -4.37. The highest BCUT2D eigenvalue weighted by Crippen LogP contribution is 2.32. The van der Waals surface area contributed by atoms with Crippen molar-refractivity contribution >= 4 is 38.6 Å². The molecule has 3 heterocycles. The number of piperidine rings is 1. The van der Waals surface area contributed by atoms with E-state index in [4.69, 9.17) is 4.98 Å². The molecule has 0 unspecified atom stereocenters. The molecule has 1 aromatic heterocycles. The molecule has 0 spiro atoms. The lowest BCUT2D eigenvalue weighted by molar-refractivity contribution is -0.138. The molecule has 4 aromatic rings. The van der Waals surface area contributed by atoms with Gasteiger partial charge in [-0.1, -0.05) is 34.1 Å². The molecule has 6 nitrogen and oxygen atoms in total. The van der Waals surface area contributed by atoms with Crippen molar-refractivity contribution in [1.82, 2.24) is 19.4 Å². The summed E-state index contributed by atoms with van der Waals surface area (Å²) in [6.45, 7) is 4.24. The predicted molar refractivity (Wildman–Crippen MR) is 157 cm³/mol. The molecule has 0 bridgehead atoms. The molecule has 1 amide bonds. The van der Waals surface area contributed by atoms with Crippen LogP contribution in [-0.2, 0) is 17.5 Å². The fraction of sp³-hybridized carbons (Fsp3) is 0.355. The van der Waals surface area contributed by atoms with Gasteiger partial charge in [0.15, 0.2) is 0 Å². The lowest BCUT2D eigenvalue weighted by atomic mass is 9.96. The van der Waals surface area contributed by atoms with E-state index >= 15 is 0 Å². The summed E-state index contributed by atoms with van der Waals surface area (Å²) < 4.78 is 42.7. The van der Waals surface area contributed by atoms with Crippen molar-refractivity contribution in [2.45, 2.75) is 25.6 Å². The maximum Gasteiger partial charge on any atom is 0.416 e.